The van der Waals surface area contributed by atoms with Crippen LogP contribution in [0.2, 0.25) is 0 Å². The van der Waals surface area contributed by atoms with Crippen molar-refractivity contribution in [3.05, 3.63) is 34.3 Å². The molecule has 0 heterocycles. The summed E-state index contributed by atoms with van der Waals surface area (Å²) < 4.78 is 1.02. The Hall–Kier alpha value is -0.870. The summed E-state index contributed by atoms with van der Waals surface area (Å²) in [5, 5.41) is 2.99. The predicted molar refractivity (Wildman–Crippen MR) is 73.6 cm³/mol. The normalized spacial score (nSPS) is 12.2. The number of carbonyl (C=O) groups is 1. The van der Waals surface area contributed by atoms with Crippen LogP contribution in [0.15, 0.2) is 28.7 Å². The van der Waals surface area contributed by atoms with Gasteiger partial charge in [-0.05, 0) is 37.9 Å². The zero-order valence-electron chi connectivity index (χ0n) is 10.1. The molecule has 0 fully saturated rings. The molecule has 0 aliphatic carbocycles. The van der Waals surface area contributed by atoms with Crippen molar-refractivity contribution in [1.82, 2.24) is 5.32 Å². The smallest absolute Gasteiger partial charge is 0.220 e. The van der Waals surface area contributed by atoms with Crippen LogP contribution in [0, 0.1) is 0 Å². The van der Waals surface area contributed by atoms with Gasteiger partial charge in [0.25, 0.3) is 0 Å². The molecule has 3 nitrogen and oxygen atoms in total. The molecule has 0 saturated heterocycles. The van der Waals surface area contributed by atoms with Crippen LogP contribution in [0.25, 0.3) is 0 Å². The van der Waals surface area contributed by atoms with E-state index in [2.05, 4.69) is 21.2 Å². The summed E-state index contributed by atoms with van der Waals surface area (Å²) in [6.45, 7) is 2.63. The first-order valence-electron chi connectivity index (χ1n) is 5.89. The average molecular weight is 299 g/mol. The van der Waals surface area contributed by atoms with E-state index in [-0.39, 0.29) is 11.9 Å². The highest BCUT2D eigenvalue weighted by molar-refractivity contribution is 9.10. The fourth-order valence-electron chi connectivity index (χ4n) is 1.65. The van der Waals surface area contributed by atoms with E-state index in [0.29, 0.717) is 13.0 Å². The van der Waals surface area contributed by atoms with Crippen molar-refractivity contribution in [2.75, 3.05) is 6.54 Å². The van der Waals surface area contributed by atoms with Gasteiger partial charge in [0.1, 0.15) is 0 Å². The lowest BCUT2D eigenvalue weighted by molar-refractivity contribution is -0.121. The molecular formula is C13H19BrN2O. The minimum Gasteiger partial charge on any atom is -0.350 e. The quantitative estimate of drug-likeness (QED) is 0.794. The lowest BCUT2D eigenvalue weighted by Crippen LogP contribution is -2.26. The van der Waals surface area contributed by atoms with Gasteiger partial charge in [0.2, 0.25) is 5.91 Å². The summed E-state index contributed by atoms with van der Waals surface area (Å²) in [6, 6.07) is 7.94. The predicted octanol–water partition coefficient (Wildman–Crippen LogP) is 2.76. The van der Waals surface area contributed by atoms with Crippen molar-refractivity contribution < 1.29 is 4.79 Å². The van der Waals surface area contributed by atoms with Crippen LogP contribution in [0.5, 0.6) is 0 Å². The lowest BCUT2D eigenvalue weighted by Gasteiger charge is -2.15. The second-order valence-electron chi connectivity index (χ2n) is 4.06. The zero-order chi connectivity index (χ0) is 12.7. The largest absolute Gasteiger partial charge is 0.350 e. The first kappa shape index (κ1) is 14.2. The second kappa shape index (κ2) is 7.45. The van der Waals surface area contributed by atoms with Crippen molar-refractivity contribution >= 4 is 21.8 Å². The molecule has 1 rings (SSSR count). The van der Waals surface area contributed by atoms with E-state index in [9.17, 15) is 4.79 Å². The number of amides is 1. The summed E-state index contributed by atoms with van der Waals surface area (Å²) in [4.78, 5) is 11.6. The topological polar surface area (TPSA) is 55.1 Å². The van der Waals surface area contributed by atoms with E-state index in [1.807, 2.05) is 31.2 Å². The number of hydrogen-bond acceptors (Lipinski definition) is 2. The standard InChI is InChI=1S/C13H19BrN2O/c1-10(11-6-2-3-7-12(11)14)16-13(17)8-4-5-9-15/h2-3,6-7,10H,4-5,8-9,15H2,1H3,(H,16,17)/t10-/m0/s1. The van der Waals surface area contributed by atoms with E-state index < -0.39 is 0 Å². The van der Waals surface area contributed by atoms with Gasteiger partial charge < -0.3 is 11.1 Å². The number of nitrogens with one attached hydrogen (secondary N) is 1. The minimum absolute atomic E-state index is 0.0240. The molecule has 4 heteroatoms. The molecule has 0 radical (unpaired) electrons. The molecule has 0 aliphatic heterocycles. The molecule has 1 aromatic rings. The second-order valence-corrected chi connectivity index (χ2v) is 4.91. The summed E-state index contributed by atoms with van der Waals surface area (Å²) in [6.07, 6.45) is 2.30. The molecule has 0 unspecified atom stereocenters. The van der Waals surface area contributed by atoms with Gasteiger partial charge in [0, 0.05) is 10.9 Å². The fraction of sp³-hybridized carbons (Fsp3) is 0.462. The highest BCUT2D eigenvalue weighted by Crippen LogP contribution is 2.22. The van der Waals surface area contributed by atoms with Crippen LogP contribution in [0.4, 0.5) is 0 Å². The summed E-state index contributed by atoms with van der Waals surface area (Å²) in [5.41, 5.74) is 6.49. The Labute approximate surface area is 111 Å². The Morgan fingerprint density at radius 2 is 2.12 bits per heavy atom. The summed E-state index contributed by atoms with van der Waals surface area (Å²) in [5.74, 6) is 0.0849. The molecule has 0 aliphatic rings. The molecule has 17 heavy (non-hydrogen) atoms. The summed E-state index contributed by atoms with van der Waals surface area (Å²) >= 11 is 3.48. The molecule has 1 amide bonds. The van der Waals surface area contributed by atoms with Crippen LogP contribution >= 0.6 is 15.9 Å². The highest BCUT2D eigenvalue weighted by atomic mass is 79.9. The maximum atomic E-state index is 11.6. The number of unbranched alkanes of at least 4 members (excludes halogenated alkanes) is 1. The van der Waals surface area contributed by atoms with Gasteiger partial charge in [-0.3, -0.25) is 4.79 Å². The van der Waals surface area contributed by atoms with E-state index in [1.54, 1.807) is 0 Å². The van der Waals surface area contributed by atoms with Gasteiger partial charge in [0.05, 0.1) is 6.04 Å². The average Bonchev–Trinajstić information content (AvgIpc) is 2.29. The number of halogens is 1. The van der Waals surface area contributed by atoms with Crippen molar-refractivity contribution in [2.24, 2.45) is 5.73 Å². The van der Waals surface area contributed by atoms with Crippen LogP contribution in [0.1, 0.15) is 37.8 Å². The number of carbonyl (C=O) groups excluding carboxylic acids is 1. The Bertz CT molecular complexity index is 368. The monoisotopic (exact) mass is 298 g/mol. The fourth-order valence-corrected chi connectivity index (χ4v) is 2.28. The lowest BCUT2D eigenvalue weighted by atomic mass is 10.1. The van der Waals surface area contributed by atoms with Crippen LogP contribution in [0.3, 0.4) is 0 Å². The Balaban J connectivity index is 2.46. The molecule has 3 N–H and O–H groups in total. The molecule has 0 bridgehead atoms. The molecular weight excluding hydrogens is 280 g/mol. The third-order valence-corrected chi connectivity index (χ3v) is 3.33. The maximum absolute atomic E-state index is 11.6. The van der Waals surface area contributed by atoms with Crippen molar-refractivity contribution in [2.45, 2.75) is 32.2 Å². The molecule has 0 aromatic heterocycles. The Morgan fingerprint density at radius 1 is 1.41 bits per heavy atom. The SMILES string of the molecule is C[C@H](NC(=O)CCCCN)c1ccccc1Br. The highest BCUT2D eigenvalue weighted by Gasteiger charge is 2.11. The van der Waals surface area contributed by atoms with E-state index in [4.69, 9.17) is 5.73 Å². The van der Waals surface area contributed by atoms with Gasteiger partial charge in [-0.15, -0.1) is 0 Å². The molecule has 0 saturated carbocycles. The molecule has 94 valence electrons. The van der Waals surface area contributed by atoms with Crippen LogP contribution < -0.4 is 11.1 Å². The third kappa shape index (κ3) is 4.88. The van der Waals surface area contributed by atoms with E-state index in [1.165, 1.54) is 0 Å². The zero-order valence-corrected chi connectivity index (χ0v) is 11.7. The van der Waals surface area contributed by atoms with Gasteiger partial charge >= 0.3 is 0 Å². The number of benzene rings is 1. The van der Waals surface area contributed by atoms with Crippen molar-refractivity contribution in [1.29, 1.82) is 0 Å². The van der Waals surface area contributed by atoms with Gasteiger partial charge in [-0.2, -0.15) is 0 Å². The molecule has 0 spiro atoms. The number of nitrogens with two attached hydrogens (primary N) is 1. The van der Waals surface area contributed by atoms with Crippen molar-refractivity contribution in [3.8, 4) is 0 Å². The Morgan fingerprint density at radius 3 is 2.76 bits per heavy atom. The number of hydrogen-bond donors (Lipinski definition) is 2. The van der Waals surface area contributed by atoms with Crippen LogP contribution in [-0.2, 0) is 4.79 Å². The first-order chi connectivity index (χ1) is 8.15. The van der Waals surface area contributed by atoms with E-state index >= 15 is 0 Å². The van der Waals surface area contributed by atoms with Gasteiger partial charge in [0.15, 0.2) is 0 Å². The molecule has 1 aromatic carbocycles. The number of rotatable bonds is 6. The maximum Gasteiger partial charge on any atom is 0.220 e. The van der Waals surface area contributed by atoms with Gasteiger partial charge in [-0.25, -0.2) is 0 Å². The van der Waals surface area contributed by atoms with Crippen LogP contribution in [-0.4, -0.2) is 12.5 Å². The Kier molecular flexibility index (Phi) is 6.22. The summed E-state index contributed by atoms with van der Waals surface area (Å²) in [7, 11) is 0. The minimum atomic E-state index is 0.0240. The first-order valence-corrected chi connectivity index (χ1v) is 6.68. The van der Waals surface area contributed by atoms with Crippen molar-refractivity contribution in [3.63, 3.8) is 0 Å². The molecule has 1 atom stereocenters. The third-order valence-electron chi connectivity index (χ3n) is 2.61. The van der Waals surface area contributed by atoms with Gasteiger partial charge in [-0.1, -0.05) is 34.1 Å². The van der Waals surface area contributed by atoms with E-state index in [0.717, 1.165) is 22.9 Å².